The van der Waals surface area contributed by atoms with Crippen LogP contribution in [0.4, 0.5) is 9.52 Å². The summed E-state index contributed by atoms with van der Waals surface area (Å²) in [7, 11) is 0. The van der Waals surface area contributed by atoms with Gasteiger partial charge in [-0.15, -0.1) is 10.2 Å². The normalized spacial score (nSPS) is 12.2. The highest BCUT2D eigenvalue weighted by Crippen LogP contribution is 2.30. The molecule has 0 aliphatic heterocycles. The number of thioether (sulfide) groups is 1. The molecule has 0 radical (unpaired) electrons. The zero-order valence-corrected chi connectivity index (χ0v) is 12.7. The van der Waals surface area contributed by atoms with Crippen LogP contribution in [-0.4, -0.2) is 21.4 Å². The van der Waals surface area contributed by atoms with Gasteiger partial charge in [0.25, 0.3) is 5.91 Å². The van der Waals surface area contributed by atoms with E-state index in [1.807, 2.05) is 0 Å². The Morgan fingerprint density at radius 1 is 1.50 bits per heavy atom. The van der Waals surface area contributed by atoms with Crippen LogP contribution in [0.5, 0.6) is 0 Å². The molecule has 0 fully saturated rings. The number of benzene rings is 1. The Morgan fingerprint density at radius 2 is 2.30 bits per heavy atom. The molecule has 0 saturated carbocycles. The van der Waals surface area contributed by atoms with Crippen LogP contribution in [0.25, 0.3) is 0 Å². The molecule has 1 aromatic carbocycles. The number of halogens is 1. The number of hydrogen-bond acceptors (Lipinski definition) is 5. The summed E-state index contributed by atoms with van der Waals surface area (Å²) in [4.78, 5) is 11.9. The van der Waals surface area contributed by atoms with E-state index >= 15 is 0 Å². The first-order valence-electron chi connectivity index (χ1n) is 6.15. The third-order valence-electron chi connectivity index (χ3n) is 2.59. The molecule has 1 heterocycles. The van der Waals surface area contributed by atoms with Crippen molar-refractivity contribution >= 4 is 34.1 Å². The number of carbonyl (C=O) groups excluding carboxylic acids is 1. The maximum absolute atomic E-state index is 13.0. The fourth-order valence-corrected chi connectivity index (χ4v) is 3.36. The van der Waals surface area contributed by atoms with Gasteiger partial charge in [0, 0.05) is 10.8 Å². The molecule has 0 aliphatic rings. The topological polar surface area (TPSA) is 54.9 Å². The van der Waals surface area contributed by atoms with Gasteiger partial charge in [0.1, 0.15) is 5.82 Å². The van der Waals surface area contributed by atoms with E-state index in [0.29, 0.717) is 10.4 Å². The summed E-state index contributed by atoms with van der Waals surface area (Å²) in [5, 5.41) is 11.4. The van der Waals surface area contributed by atoms with Crippen molar-refractivity contribution < 1.29 is 9.18 Å². The van der Waals surface area contributed by atoms with Gasteiger partial charge in [-0.25, -0.2) is 4.39 Å². The summed E-state index contributed by atoms with van der Waals surface area (Å²) in [5.74, 6) is -0.830. The Morgan fingerprint density at radius 3 is 3.00 bits per heavy atom. The molecule has 0 bridgehead atoms. The first-order valence-corrected chi connectivity index (χ1v) is 7.85. The molecule has 1 atom stereocenters. The van der Waals surface area contributed by atoms with Gasteiger partial charge in [-0.2, -0.15) is 0 Å². The zero-order valence-electron chi connectivity index (χ0n) is 11.1. The van der Waals surface area contributed by atoms with Crippen LogP contribution in [0.3, 0.4) is 0 Å². The molecule has 1 amide bonds. The highest BCUT2D eigenvalue weighted by Gasteiger charge is 2.12. The van der Waals surface area contributed by atoms with Crippen molar-refractivity contribution in [1.82, 2.24) is 10.2 Å². The highest BCUT2D eigenvalue weighted by molar-refractivity contribution is 8.01. The van der Waals surface area contributed by atoms with E-state index in [4.69, 9.17) is 0 Å². The van der Waals surface area contributed by atoms with Crippen molar-refractivity contribution in [2.45, 2.75) is 29.9 Å². The number of amides is 1. The smallest absolute Gasteiger partial charge is 0.257 e. The molecule has 2 aromatic rings. The molecule has 1 unspecified atom stereocenters. The fraction of sp³-hybridized carbons (Fsp3) is 0.308. The van der Waals surface area contributed by atoms with E-state index in [-0.39, 0.29) is 11.5 Å². The van der Waals surface area contributed by atoms with Crippen LogP contribution < -0.4 is 5.32 Å². The first kappa shape index (κ1) is 14.9. The van der Waals surface area contributed by atoms with Crippen LogP contribution >= 0.6 is 23.1 Å². The molecular weight excluding hydrogens is 297 g/mol. The van der Waals surface area contributed by atoms with E-state index in [9.17, 15) is 9.18 Å². The summed E-state index contributed by atoms with van der Waals surface area (Å²) >= 11 is 2.94. The van der Waals surface area contributed by atoms with Gasteiger partial charge in [0.15, 0.2) is 4.34 Å². The van der Waals surface area contributed by atoms with Crippen molar-refractivity contribution in [1.29, 1.82) is 0 Å². The number of nitrogens with one attached hydrogen (secondary N) is 1. The second-order valence-corrected chi connectivity index (χ2v) is 6.84. The number of carbonyl (C=O) groups is 1. The number of rotatable bonds is 5. The minimum absolute atomic E-state index is 0.260. The number of aromatic nitrogens is 2. The largest absolute Gasteiger partial charge is 0.296 e. The van der Waals surface area contributed by atoms with Gasteiger partial charge < -0.3 is 0 Å². The van der Waals surface area contributed by atoms with Crippen LogP contribution in [0, 0.1) is 5.82 Å². The Labute approximate surface area is 124 Å². The summed E-state index contributed by atoms with van der Waals surface area (Å²) in [6.45, 7) is 4.21. The molecular formula is C13H14FN3OS2. The maximum atomic E-state index is 13.0. The van der Waals surface area contributed by atoms with Gasteiger partial charge in [0.05, 0.1) is 0 Å². The molecule has 0 spiro atoms. The van der Waals surface area contributed by atoms with E-state index in [2.05, 4.69) is 29.4 Å². The van der Waals surface area contributed by atoms with Crippen molar-refractivity contribution in [3.8, 4) is 0 Å². The quantitative estimate of drug-likeness (QED) is 0.673. The predicted molar refractivity (Wildman–Crippen MR) is 79.9 cm³/mol. The lowest BCUT2D eigenvalue weighted by molar-refractivity contribution is 0.102. The highest BCUT2D eigenvalue weighted by atomic mass is 32.2. The van der Waals surface area contributed by atoms with Crippen LogP contribution in [0.1, 0.15) is 30.6 Å². The average Bonchev–Trinajstić information content (AvgIpc) is 2.85. The van der Waals surface area contributed by atoms with Crippen LogP contribution in [-0.2, 0) is 0 Å². The molecule has 4 nitrogen and oxygen atoms in total. The number of anilines is 1. The van der Waals surface area contributed by atoms with Crippen LogP contribution in [0.2, 0.25) is 0 Å². The minimum Gasteiger partial charge on any atom is -0.296 e. The minimum atomic E-state index is -0.442. The first-order chi connectivity index (χ1) is 9.58. The standard InChI is InChI=1S/C13H14FN3OS2/c1-3-8(2)19-13-17-16-12(20-13)15-11(18)9-5-4-6-10(14)7-9/h4-8H,3H2,1-2H3,(H,15,16,18). The predicted octanol–water partition coefficient (Wildman–Crippen LogP) is 3.82. The Kier molecular flexibility index (Phi) is 5.08. The lowest BCUT2D eigenvalue weighted by atomic mass is 10.2. The summed E-state index contributed by atoms with van der Waals surface area (Å²) in [5.41, 5.74) is 0.260. The summed E-state index contributed by atoms with van der Waals surface area (Å²) in [6, 6.07) is 5.52. The van der Waals surface area contributed by atoms with Crippen molar-refractivity contribution in [2.24, 2.45) is 0 Å². The zero-order chi connectivity index (χ0) is 14.5. The van der Waals surface area contributed by atoms with Gasteiger partial charge in [-0.3, -0.25) is 10.1 Å². The maximum Gasteiger partial charge on any atom is 0.257 e. The summed E-state index contributed by atoms with van der Waals surface area (Å²) < 4.78 is 13.9. The number of nitrogens with zero attached hydrogens (tertiary/aromatic N) is 2. The molecule has 7 heteroatoms. The Hall–Kier alpha value is -1.47. The molecule has 0 saturated heterocycles. The van der Waals surface area contributed by atoms with Crippen LogP contribution in [0.15, 0.2) is 28.6 Å². The van der Waals surface area contributed by atoms with Gasteiger partial charge >= 0.3 is 0 Å². The van der Waals surface area contributed by atoms with Gasteiger partial charge in [-0.05, 0) is 24.6 Å². The molecule has 1 aromatic heterocycles. The van der Waals surface area contributed by atoms with E-state index in [1.165, 1.54) is 29.5 Å². The second kappa shape index (κ2) is 6.81. The van der Waals surface area contributed by atoms with E-state index in [0.717, 1.165) is 10.8 Å². The second-order valence-electron chi connectivity index (χ2n) is 4.17. The lowest BCUT2D eigenvalue weighted by Gasteiger charge is -2.02. The lowest BCUT2D eigenvalue weighted by Crippen LogP contribution is -2.11. The SMILES string of the molecule is CCC(C)Sc1nnc(NC(=O)c2cccc(F)c2)s1. The average molecular weight is 311 g/mol. The Bertz CT molecular complexity index is 603. The van der Waals surface area contributed by atoms with Gasteiger partial charge in [-0.1, -0.05) is 43.0 Å². The van der Waals surface area contributed by atoms with Gasteiger partial charge in [0.2, 0.25) is 5.13 Å². The molecule has 0 aliphatic carbocycles. The van der Waals surface area contributed by atoms with E-state index in [1.54, 1.807) is 17.8 Å². The molecule has 1 N–H and O–H groups in total. The summed E-state index contributed by atoms with van der Waals surface area (Å²) in [6.07, 6.45) is 1.04. The number of hydrogen-bond donors (Lipinski definition) is 1. The monoisotopic (exact) mass is 311 g/mol. The van der Waals surface area contributed by atoms with Crippen molar-refractivity contribution in [3.63, 3.8) is 0 Å². The van der Waals surface area contributed by atoms with Crippen molar-refractivity contribution in [3.05, 3.63) is 35.6 Å². The van der Waals surface area contributed by atoms with Crippen molar-refractivity contribution in [2.75, 3.05) is 5.32 Å². The van der Waals surface area contributed by atoms with E-state index < -0.39 is 5.82 Å². The third kappa shape index (κ3) is 4.01. The third-order valence-corrected chi connectivity index (χ3v) is 4.78. The fourth-order valence-electron chi connectivity index (χ4n) is 1.36. The Balaban J connectivity index is 2.01. The molecule has 20 heavy (non-hydrogen) atoms. The molecule has 2 rings (SSSR count). The molecule has 106 valence electrons.